The summed E-state index contributed by atoms with van der Waals surface area (Å²) in [6.45, 7) is 0. The number of methoxy groups -OCH3 is 1. The molecule has 0 aliphatic rings. The number of hydrogen-bond donors (Lipinski definition) is 1. The average Bonchev–Trinajstić information content (AvgIpc) is 2.39. The van der Waals surface area contributed by atoms with Gasteiger partial charge in [-0.25, -0.2) is 14.4 Å². The second-order valence-corrected chi connectivity index (χ2v) is 3.44. The molecule has 0 saturated heterocycles. The molecule has 1 N–H and O–H groups in total. The minimum absolute atomic E-state index is 0.346. The smallest absolute Gasteiger partial charge is 0.216 e. The molecule has 2 aromatic rings. The van der Waals surface area contributed by atoms with E-state index in [-0.39, 0.29) is 5.82 Å². The van der Waals surface area contributed by atoms with Gasteiger partial charge in [-0.05, 0) is 17.7 Å². The topological polar surface area (TPSA) is 55.2 Å². The van der Waals surface area contributed by atoms with E-state index in [4.69, 9.17) is 4.74 Å². The van der Waals surface area contributed by atoms with Crippen molar-refractivity contribution in [3.63, 3.8) is 0 Å². The number of aliphatic hydroxyl groups is 1. The Labute approximate surface area is 97.7 Å². The summed E-state index contributed by atoms with van der Waals surface area (Å²) < 4.78 is 17.7. The summed E-state index contributed by atoms with van der Waals surface area (Å²) in [5.74, 6) is 0.0254. The molecule has 0 radical (unpaired) electrons. The first-order chi connectivity index (χ1) is 8.20. The van der Waals surface area contributed by atoms with Crippen LogP contribution in [0.1, 0.15) is 17.4 Å². The van der Waals surface area contributed by atoms with Crippen LogP contribution in [-0.4, -0.2) is 22.2 Å². The number of aromatic nitrogens is 2. The minimum Gasteiger partial charge on any atom is -0.481 e. The molecule has 1 aromatic heterocycles. The van der Waals surface area contributed by atoms with E-state index in [0.717, 1.165) is 0 Å². The van der Waals surface area contributed by atoms with Gasteiger partial charge in [-0.3, -0.25) is 0 Å². The van der Waals surface area contributed by atoms with Gasteiger partial charge in [0.15, 0.2) is 0 Å². The Hall–Kier alpha value is -2.01. The summed E-state index contributed by atoms with van der Waals surface area (Å²) in [6, 6.07) is 7.13. The first-order valence-electron chi connectivity index (χ1n) is 5.00. The van der Waals surface area contributed by atoms with Crippen LogP contribution in [-0.2, 0) is 0 Å². The third-order valence-corrected chi connectivity index (χ3v) is 2.34. The molecule has 0 fully saturated rings. The quantitative estimate of drug-likeness (QED) is 0.878. The van der Waals surface area contributed by atoms with Crippen molar-refractivity contribution in [2.75, 3.05) is 7.11 Å². The Balaban J connectivity index is 2.29. The number of ether oxygens (including phenoxy) is 1. The third-order valence-electron chi connectivity index (χ3n) is 2.34. The molecule has 1 aromatic carbocycles. The molecule has 0 saturated carbocycles. The summed E-state index contributed by atoms with van der Waals surface area (Å²) in [5.41, 5.74) is 0.968. The molecule has 1 atom stereocenters. The van der Waals surface area contributed by atoms with Crippen LogP contribution in [0.4, 0.5) is 4.39 Å². The zero-order chi connectivity index (χ0) is 12.3. The summed E-state index contributed by atoms with van der Waals surface area (Å²) in [7, 11) is 1.48. The molecule has 0 spiro atoms. The molecule has 88 valence electrons. The van der Waals surface area contributed by atoms with Gasteiger partial charge in [0.05, 0.1) is 12.8 Å². The summed E-state index contributed by atoms with van der Waals surface area (Å²) >= 11 is 0. The molecule has 4 nitrogen and oxygen atoms in total. The zero-order valence-corrected chi connectivity index (χ0v) is 9.17. The molecular weight excluding hydrogens is 223 g/mol. The maximum atomic E-state index is 12.7. The Morgan fingerprint density at radius 3 is 2.59 bits per heavy atom. The molecule has 0 amide bonds. The Morgan fingerprint density at radius 2 is 1.94 bits per heavy atom. The van der Waals surface area contributed by atoms with Crippen molar-refractivity contribution < 1.29 is 14.2 Å². The summed E-state index contributed by atoms with van der Waals surface area (Å²) in [5, 5.41) is 10.0. The van der Waals surface area contributed by atoms with Gasteiger partial charge < -0.3 is 9.84 Å². The lowest BCUT2D eigenvalue weighted by Gasteiger charge is -2.10. The minimum atomic E-state index is -0.924. The maximum Gasteiger partial charge on any atom is 0.216 e. The standard InChI is InChI=1S/C12H11FN2O2/c1-17-11-6-10(14-7-15-11)12(16)8-2-4-9(13)5-3-8/h2-7,12,16H,1H3. The van der Waals surface area contributed by atoms with Gasteiger partial charge in [0.1, 0.15) is 18.2 Å². The van der Waals surface area contributed by atoms with E-state index in [1.165, 1.54) is 43.8 Å². The van der Waals surface area contributed by atoms with Crippen molar-refractivity contribution in [1.82, 2.24) is 9.97 Å². The van der Waals surface area contributed by atoms with E-state index in [0.29, 0.717) is 17.1 Å². The lowest BCUT2D eigenvalue weighted by Crippen LogP contribution is -2.03. The van der Waals surface area contributed by atoms with E-state index >= 15 is 0 Å². The molecule has 1 unspecified atom stereocenters. The van der Waals surface area contributed by atoms with Crippen molar-refractivity contribution in [2.24, 2.45) is 0 Å². The average molecular weight is 234 g/mol. The Morgan fingerprint density at radius 1 is 1.24 bits per heavy atom. The lowest BCUT2D eigenvalue weighted by molar-refractivity contribution is 0.214. The van der Waals surface area contributed by atoms with E-state index in [2.05, 4.69) is 9.97 Å². The third kappa shape index (κ3) is 2.57. The Kier molecular flexibility index (Phi) is 3.30. The normalized spacial score (nSPS) is 12.2. The fourth-order valence-electron chi connectivity index (χ4n) is 1.43. The fourth-order valence-corrected chi connectivity index (χ4v) is 1.43. The van der Waals surface area contributed by atoms with Gasteiger partial charge in [0, 0.05) is 6.07 Å². The number of nitrogens with zero attached hydrogens (tertiary/aromatic N) is 2. The van der Waals surface area contributed by atoms with Crippen molar-refractivity contribution in [2.45, 2.75) is 6.10 Å². The number of hydrogen-bond acceptors (Lipinski definition) is 4. The molecular formula is C12H11FN2O2. The lowest BCUT2D eigenvalue weighted by atomic mass is 10.1. The zero-order valence-electron chi connectivity index (χ0n) is 9.17. The van der Waals surface area contributed by atoms with Gasteiger partial charge in [-0.15, -0.1) is 0 Å². The molecule has 2 rings (SSSR count). The molecule has 17 heavy (non-hydrogen) atoms. The van der Waals surface area contributed by atoms with Crippen molar-refractivity contribution >= 4 is 0 Å². The van der Waals surface area contributed by atoms with Crippen LogP contribution >= 0.6 is 0 Å². The predicted molar refractivity (Wildman–Crippen MR) is 59.0 cm³/mol. The van der Waals surface area contributed by atoms with Crippen LogP contribution in [0, 0.1) is 5.82 Å². The molecule has 1 heterocycles. The highest BCUT2D eigenvalue weighted by Gasteiger charge is 2.13. The summed E-state index contributed by atoms with van der Waals surface area (Å²) in [4.78, 5) is 7.79. The predicted octanol–water partition coefficient (Wildman–Crippen LogP) is 1.71. The second-order valence-electron chi connectivity index (χ2n) is 3.44. The first-order valence-corrected chi connectivity index (χ1v) is 5.00. The monoisotopic (exact) mass is 234 g/mol. The van der Waals surface area contributed by atoms with Crippen molar-refractivity contribution in [3.8, 4) is 5.88 Å². The van der Waals surface area contributed by atoms with Gasteiger partial charge >= 0.3 is 0 Å². The van der Waals surface area contributed by atoms with E-state index in [1.807, 2.05) is 0 Å². The number of aliphatic hydroxyl groups excluding tert-OH is 1. The fraction of sp³-hybridized carbons (Fsp3) is 0.167. The second kappa shape index (κ2) is 4.88. The van der Waals surface area contributed by atoms with Crippen LogP contribution in [0.5, 0.6) is 5.88 Å². The van der Waals surface area contributed by atoms with Gasteiger partial charge in [0.25, 0.3) is 0 Å². The Bertz CT molecular complexity index is 502. The molecule has 5 heteroatoms. The first kappa shape index (κ1) is 11.5. The van der Waals surface area contributed by atoms with Crippen LogP contribution in [0.3, 0.4) is 0 Å². The SMILES string of the molecule is COc1cc(C(O)c2ccc(F)cc2)ncn1. The highest BCUT2D eigenvalue weighted by molar-refractivity contribution is 5.27. The number of benzene rings is 1. The van der Waals surface area contributed by atoms with E-state index in [9.17, 15) is 9.50 Å². The van der Waals surface area contributed by atoms with Gasteiger partial charge in [-0.2, -0.15) is 0 Å². The number of halogens is 1. The van der Waals surface area contributed by atoms with Gasteiger partial charge in [-0.1, -0.05) is 12.1 Å². The highest BCUT2D eigenvalue weighted by atomic mass is 19.1. The molecule has 0 aliphatic heterocycles. The molecule has 0 aliphatic carbocycles. The van der Waals surface area contributed by atoms with Crippen LogP contribution < -0.4 is 4.74 Å². The van der Waals surface area contributed by atoms with Gasteiger partial charge in [0.2, 0.25) is 5.88 Å². The van der Waals surface area contributed by atoms with Crippen molar-refractivity contribution in [1.29, 1.82) is 0 Å². The number of rotatable bonds is 3. The van der Waals surface area contributed by atoms with E-state index in [1.54, 1.807) is 0 Å². The maximum absolute atomic E-state index is 12.7. The van der Waals surface area contributed by atoms with Crippen LogP contribution in [0.25, 0.3) is 0 Å². The highest BCUT2D eigenvalue weighted by Crippen LogP contribution is 2.21. The summed E-state index contributed by atoms with van der Waals surface area (Å²) in [6.07, 6.45) is 0.383. The van der Waals surface area contributed by atoms with Crippen molar-refractivity contribution in [3.05, 3.63) is 53.7 Å². The van der Waals surface area contributed by atoms with E-state index < -0.39 is 6.10 Å². The molecule has 0 bridgehead atoms. The van der Waals surface area contributed by atoms with Crippen LogP contribution in [0.15, 0.2) is 36.7 Å². The largest absolute Gasteiger partial charge is 0.481 e. The van der Waals surface area contributed by atoms with Crippen LogP contribution in [0.2, 0.25) is 0 Å².